The molecule has 2 rings (SSSR count). The van der Waals surface area contributed by atoms with Gasteiger partial charge in [0.1, 0.15) is 0 Å². The zero-order valence-corrected chi connectivity index (χ0v) is 11.1. The number of rotatable bonds is 4. The molecule has 2 unspecified atom stereocenters. The Balaban J connectivity index is 1.84. The summed E-state index contributed by atoms with van der Waals surface area (Å²) in [5.74, 6) is 0.856. The summed E-state index contributed by atoms with van der Waals surface area (Å²) in [6.45, 7) is 4.68. The topological polar surface area (TPSA) is 45.2 Å². The number of carbonyl (C=O) groups excluding carboxylic acids is 1. The first-order valence-corrected chi connectivity index (χ1v) is 6.53. The number of carbonyl (C=O) groups is 1. The molecule has 0 radical (unpaired) electrons. The number of nitrogens with one attached hydrogen (secondary N) is 1. The lowest BCUT2D eigenvalue weighted by atomic mass is 9.96. The van der Waals surface area contributed by atoms with Crippen molar-refractivity contribution >= 4 is 5.91 Å². The summed E-state index contributed by atoms with van der Waals surface area (Å²) in [7, 11) is 1.90. The van der Waals surface area contributed by atoms with Gasteiger partial charge in [-0.15, -0.1) is 0 Å². The van der Waals surface area contributed by atoms with E-state index >= 15 is 0 Å². The van der Waals surface area contributed by atoms with Crippen LogP contribution in [0.5, 0.6) is 0 Å². The van der Waals surface area contributed by atoms with Crippen LogP contribution in [0.3, 0.4) is 0 Å². The van der Waals surface area contributed by atoms with Crippen molar-refractivity contribution < 1.29 is 4.79 Å². The molecular formula is C14H21N3O. The Hall–Kier alpha value is -1.42. The minimum absolute atomic E-state index is 0.146. The van der Waals surface area contributed by atoms with Crippen molar-refractivity contribution in [1.82, 2.24) is 15.2 Å². The molecule has 1 aliphatic rings. The first-order chi connectivity index (χ1) is 8.68. The van der Waals surface area contributed by atoms with Crippen molar-refractivity contribution in [1.29, 1.82) is 0 Å². The summed E-state index contributed by atoms with van der Waals surface area (Å²) in [6, 6.07) is 4.00. The number of likely N-dealkylation sites (N-methyl/N-ethyl adjacent to an activating group) is 1. The summed E-state index contributed by atoms with van der Waals surface area (Å²) >= 11 is 0. The lowest BCUT2D eigenvalue weighted by molar-refractivity contribution is -0.134. The van der Waals surface area contributed by atoms with Crippen LogP contribution in [0, 0.1) is 11.8 Å². The van der Waals surface area contributed by atoms with E-state index in [4.69, 9.17) is 0 Å². The largest absolute Gasteiger partial charge is 0.345 e. The van der Waals surface area contributed by atoms with Crippen LogP contribution in [-0.2, 0) is 11.2 Å². The van der Waals surface area contributed by atoms with Gasteiger partial charge in [-0.05, 0) is 36.6 Å². The Bertz CT molecular complexity index is 393. The smallest absolute Gasteiger partial charge is 0.227 e. The number of amides is 1. The van der Waals surface area contributed by atoms with Crippen molar-refractivity contribution in [3.63, 3.8) is 0 Å². The van der Waals surface area contributed by atoms with Crippen LogP contribution in [0.4, 0.5) is 0 Å². The lowest BCUT2D eigenvalue weighted by Crippen LogP contribution is -2.37. The van der Waals surface area contributed by atoms with Gasteiger partial charge < -0.3 is 10.2 Å². The van der Waals surface area contributed by atoms with Crippen LogP contribution < -0.4 is 5.32 Å². The third-order valence-electron chi connectivity index (χ3n) is 3.70. The highest BCUT2D eigenvalue weighted by atomic mass is 16.2. The van der Waals surface area contributed by atoms with Gasteiger partial charge in [0.05, 0.1) is 5.92 Å². The summed E-state index contributed by atoms with van der Waals surface area (Å²) in [5, 5.41) is 3.28. The minimum atomic E-state index is 0.146. The highest BCUT2D eigenvalue weighted by Crippen LogP contribution is 2.18. The SMILES string of the molecule is CC1CNCC1C(=O)N(C)CCc1ccncc1. The predicted molar refractivity (Wildman–Crippen MR) is 71.1 cm³/mol. The third kappa shape index (κ3) is 3.07. The molecule has 1 fully saturated rings. The van der Waals surface area contributed by atoms with E-state index < -0.39 is 0 Å². The Kier molecular flexibility index (Phi) is 4.31. The number of aromatic nitrogens is 1. The van der Waals surface area contributed by atoms with Crippen LogP contribution in [0.15, 0.2) is 24.5 Å². The van der Waals surface area contributed by atoms with E-state index in [1.165, 1.54) is 5.56 Å². The van der Waals surface area contributed by atoms with Gasteiger partial charge in [0.2, 0.25) is 5.91 Å². The first-order valence-electron chi connectivity index (χ1n) is 6.53. The molecule has 0 aliphatic carbocycles. The van der Waals surface area contributed by atoms with E-state index in [1.54, 1.807) is 12.4 Å². The van der Waals surface area contributed by atoms with Gasteiger partial charge in [-0.25, -0.2) is 0 Å². The molecule has 0 aromatic carbocycles. The quantitative estimate of drug-likeness (QED) is 0.861. The van der Waals surface area contributed by atoms with Gasteiger partial charge in [-0.1, -0.05) is 6.92 Å². The van der Waals surface area contributed by atoms with Gasteiger partial charge in [0, 0.05) is 32.5 Å². The van der Waals surface area contributed by atoms with Gasteiger partial charge in [-0.2, -0.15) is 0 Å². The molecule has 1 N–H and O–H groups in total. The Morgan fingerprint density at radius 2 is 2.17 bits per heavy atom. The standard InChI is InChI=1S/C14H21N3O/c1-11-9-16-10-13(11)14(18)17(2)8-5-12-3-6-15-7-4-12/h3-4,6-7,11,13,16H,5,8-10H2,1-2H3. The van der Waals surface area contributed by atoms with Crippen molar-refractivity contribution in [2.24, 2.45) is 11.8 Å². The second-order valence-corrected chi connectivity index (χ2v) is 5.11. The van der Waals surface area contributed by atoms with E-state index in [-0.39, 0.29) is 11.8 Å². The van der Waals surface area contributed by atoms with Crippen LogP contribution >= 0.6 is 0 Å². The number of hydrogen-bond acceptors (Lipinski definition) is 3. The average molecular weight is 247 g/mol. The molecule has 1 saturated heterocycles. The second-order valence-electron chi connectivity index (χ2n) is 5.11. The second kappa shape index (κ2) is 5.96. The monoisotopic (exact) mass is 247 g/mol. The van der Waals surface area contributed by atoms with E-state index in [0.29, 0.717) is 5.92 Å². The Labute approximate surface area is 108 Å². The van der Waals surface area contributed by atoms with Gasteiger partial charge >= 0.3 is 0 Å². The molecule has 1 aliphatic heterocycles. The number of nitrogens with zero attached hydrogens (tertiary/aromatic N) is 2. The fourth-order valence-corrected chi connectivity index (χ4v) is 2.38. The first kappa shape index (κ1) is 13.0. The van der Waals surface area contributed by atoms with Crippen LogP contribution in [0.1, 0.15) is 12.5 Å². The van der Waals surface area contributed by atoms with Gasteiger partial charge in [-0.3, -0.25) is 9.78 Å². The van der Waals surface area contributed by atoms with E-state index in [1.807, 2.05) is 24.1 Å². The third-order valence-corrected chi connectivity index (χ3v) is 3.70. The summed E-state index contributed by atoms with van der Waals surface area (Å²) in [6.07, 6.45) is 4.47. The van der Waals surface area contributed by atoms with Crippen molar-refractivity contribution in [2.75, 3.05) is 26.7 Å². The number of pyridine rings is 1. The van der Waals surface area contributed by atoms with Gasteiger partial charge in [0.25, 0.3) is 0 Å². The fraction of sp³-hybridized carbons (Fsp3) is 0.571. The average Bonchev–Trinajstić information content (AvgIpc) is 2.82. The van der Waals surface area contributed by atoms with Crippen molar-refractivity contribution in [3.8, 4) is 0 Å². The molecule has 2 atom stereocenters. The molecule has 1 aromatic rings. The highest BCUT2D eigenvalue weighted by Gasteiger charge is 2.31. The number of hydrogen-bond donors (Lipinski definition) is 1. The van der Waals surface area contributed by atoms with Crippen molar-refractivity contribution in [3.05, 3.63) is 30.1 Å². The van der Waals surface area contributed by atoms with E-state index in [0.717, 1.165) is 26.1 Å². The van der Waals surface area contributed by atoms with E-state index in [2.05, 4.69) is 17.2 Å². The predicted octanol–water partition coefficient (Wildman–Crippen LogP) is 0.938. The molecule has 0 bridgehead atoms. The molecule has 0 spiro atoms. The minimum Gasteiger partial charge on any atom is -0.345 e. The van der Waals surface area contributed by atoms with E-state index in [9.17, 15) is 4.79 Å². The van der Waals surface area contributed by atoms with Crippen LogP contribution in [0.25, 0.3) is 0 Å². The maximum Gasteiger partial charge on any atom is 0.227 e. The molecule has 0 saturated carbocycles. The molecule has 2 heterocycles. The molecular weight excluding hydrogens is 226 g/mol. The van der Waals surface area contributed by atoms with Crippen LogP contribution in [-0.4, -0.2) is 42.5 Å². The van der Waals surface area contributed by atoms with Crippen molar-refractivity contribution in [2.45, 2.75) is 13.3 Å². The summed E-state index contributed by atoms with van der Waals surface area (Å²) < 4.78 is 0. The normalized spacial score (nSPS) is 23.0. The molecule has 4 nitrogen and oxygen atoms in total. The fourth-order valence-electron chi connectivity index (χ4n) is 2.38. The lowest BCUT2D eigenvalue weighted by Gasteiger charge is -2.22. The molecule has 98 valence electrons. The maximum atomic E-state index is 12.3. The van der Waals surface area contributed by atoms with Gasteiger partial charge in [0.15, 0.2) is 0 Å². The maximum absolute atomic E-state index is 12.3. The highest BCUT2D eigenvalue weighted by molar-refractivity contribution is 5.79. The zero-order valence-electron chi connectivity index (χ0n) is 11.1. The molecule has 1 amide bonds. The summed E-state index contributed by atoms with van der Waals surface area (Å²) in [5.41, 5.74) is 1.22. The zero-order chi connectivity index (χ0) is 13.0. The summed E-state index contributed by atoms with van der Waals surface area (Å²) in [4.78, 5) is 18.1. The Morgan fingerprint density at radius 3 is 2.78 bits per heavy atom. The Morgan fingerprint density at radius 1 is 1.44 bits per heavy atom. The molecule has 4 heteroatoms. The molecule has 1 aromatic heterocycles. The molecule has 18 heavy (non-hydrogen) atoms. The van der Waals surface area contributed by atoms with Crippen LogP contribution in [0.2, 0.25) is 0 Å².